The number of carbonyl (C=O) groups is 1. The first kappa shape index (κ1) is 19.5. The molecule has 25 heavy (non-hydrogen) atoms. The number of aryl methyl sites for hydroxylation is 2. The molecule has 0 bridgehead atoms. The number of anilines is 1. The maximum Gasteiger partial charge on any atom is 0.243 e. The van der Waals surface area contributed by atoms with E-state index in [1.54, 1.807) is 24.3 Å². The Hall–Kier alpha value is -1.83. The van der Waals surface area contributed by atoms with Gasteiger partial charge in [-0.05, 0) is 56.0 Å². The van der Waals surface area contributed by atoms with Crippen molar-refractivity contribution in [3.63, 3.8) is 0 Å². The summed E-state index contributed by atoms with van der Waals surface area (Å²) < 4.78 is 26.2. The van der Waals surface area contributed by atoms with Gasteiger partial charge >= 0.3 is 0 Å². The molecule has 0 saturated carbocycles. The summed E-state index contributed by atoms with van der Waals surface area (Å²) in [6, 6.07) is 12.3. The molecular formula is C18H22N2O3S2. The first-order valence-corrected chi connectivity index (χ1v) is 10.4. The van der Waals surface area contributed by atoms with E-state index in [1.165, 1.54) is 18.8 Å². The molecule has 0 aliphatic rings. The van der Waals surface area contributed by atoms with Gasteiger partial charge in [-0.25, -0.2) is 8.42 Å². The lowest BCUT2D eigenvalue weighted by Gasteiger charge is -2.17. The van der Waals surface area contributed by atoms with Gasteiger partial charge in [0.1, 0.15) is 0 Å². The Balaban J connectivity index is 2.08. The van der Waals surface area contributed by atoms with Crippen LogP contribution in [-0.4, -0.2) is 38.5 Å². The van der Waals surface area contributed by atoms with E-state index in [2.05, 4.69) is 5.32 Å². The van der Waals surface area contributed by atoms with E-state index < -0.39 is 10.0 Å². The highest BCUT2D eigenvalue weighted by molar-refractivity contribution is 7.98. The van der Waals surface area contributed by atoms with Crippen LogP contribution >= 0.6 is 11.8 Å². The van der Waals surface area contributed by atoms with Gasteiger partial charge in [-0.2, -0.15) is 4.31 Å². The van der Waals surface area contributed by atoms with Crippen LogP contribution in [-0.2, 0) is 14.8 Å². The number of sulfonamides is 1. The molecule has 0 unspecified atom stereocenters. The minimum Gasteiger partial charge on any atom is -0.325 e. The number of rotatable bonds is 6. The fraction of sp³-hybridized carbons (Fsp3) is 0.278. The number of amides is 1. The Morgan fingerprint density at radius 3 is 2.32 bits per heavy atom. The predicted molar refractivity (Wildman–Crippen MR) is 103 cm³/mol. The zero-order valence-corrected chi connectivity index (χ0v) is 16.4. The largest absolute Gasteiger partial charge is 0.325 e. The van der Waals surface area contributed by atoms with E-state index in [4.69, 9.17) is 0 Å². The SMILES string of the molecule is CSc1ccc(S(=O)(=O)N(C)CC(=O)Nc2ccc(C)cc2C)cc1. The van der Waals surface area contributed by atoms with E-state index in [1.807, 2.05) is 38.3 Å². The van der Waals surface area contributed by atoms with E-state index in [9.17, 15) is 13.2 Å². The molecule has 0 aliphatic carbocycles. The lowest BCUT2D eigenvalue weighted by molar-refractivity contribution is -0.116. The number of benzene rings is 2. The second-order valence-corrected chi connectivity index (χ2v) is 8.73. The van der Waals surface area contributed by atoms with Gasteiger partial charge in [-0.1, -0.05) is 17.7 Å². The highest BCUT2D eigenvalue weighted by Crippen LogP contribution is 2.20. The number of carbonyl (C=O) groups excluding carboxylic acids is 1. The number of hydrogen-bond acceptors (Lipinski definition) is 4. The summed E-state index contributed by atoms with van der Waals surface area (Å²) >= 11 is 1.54. The maximum atomic E-state index is 12.6. The first-order valence-electron chi connectivity index (χ1n) is 7.71. The van der Waals surface area contributed by atoms with E-state index in [-0.39, 0.29) is 17.3 Å². The van der Waals surface area contributed by atoms with Crippen molar-refractivity contribution in [2.24, 2.45) is 0 Å². The van der Waals surface area contributed by atoms with Gasteiger partial charge in [-0.3, -0.25) is 4.79 Å². The first-order chi connectivity index (χ1) is 11.7. The molecule has 2 aromatic rings. The second-order valence-electron chi connectivity index (χ2n) is 5.80. The number of likely N-dealkylation sites (N-methyl/N-ethyl adjacent to an activating group) is 1. The molecule has 2 rings (SSSR count). The summed E-state index contributed by atoms with van der Waals surface area (Å²) in [4.78, 5) is 13.4. The zero-order valence-electron chi connectivity index (χ0n) is 14.7. The van der Waals surface area contributed by atoms with Crippen molar-refractivity contribution >= 4 is 33.4 Å². The van der Waals surface area contributed by atoms with Crippen molar-refractivity contribution in [2.75, 3.05) is 25.2 Å². The quantitative estimate of drug-likeness (QED) is 0.784. The summed E-state index contributed by atoms with van der Waals surface area (Å²) in [5.41, 5.74) is 2.72. The number of hydrogen-bond donors (Lipinski definition) is 1. The van der Waals surface area contributed by atoms with Crippen molar-refractivity contribution in [2.45, 2.75) is 23.6 Å². The van der Waals surface area contributed by atoms with Crippen molar-refractivity contribution < 1.29 is 13.2 Å². The number of nitrogens with zero attached hydrogens (tertiary/aromatic N) is 1. The lowest BCUT2D eigenvalue weighted by Crippen LogP contribution is -2.35. The van der Waals surface area contributed by atoms with E-state index >= 15 is 0 Å². The molecule has 0 radical (unpaired) electrons. The fourth-order valence-corrected chi connectivity index (χ4v) is 3.89. The molecule has 0 aromatic heterocycles. The molecule has 0 saturated heterocycles. The molecule has 0 atom stereocenters. The van der Waals surface area contributed by atoms with Gasteiger partial charge in [0.05, 0.1) is 11.4 Å². The molecule has 0 fully saturated rings. The van der Waals surface area contributed by atoms with Crippen molar-refractivity contribution in [3.05, 3.63) is 53.6 Å². The normalized spacial score (nSPS) is 11.6. The summed E-state index contributed by atoms with van der Waals surface area (Å²) in [6.45, 7) is 3.62. The van der Waals surface area contributed by atoms with Crippen LogP contribution in [0.5, 0.6) is 0 Å². The minimum absolute atomic E-state index is 0.173. The molecule has 134 valence electrons. The fourth-order valence-electron chi connectivity index (χ4n) is 2.36. The third-order valence-electron chi connectivity index (χ3n) is 3.79. The Morgan fingerprint density at radius 2 is 1.76 bits per heavy atom. The predicted octanol–water partition coefficient (Wildman–Crippen LogP) is 3.28. The molecule has 1 amide bonds. The lowest BCUT2D eigenvalue weighted by atomic mass is 10.1. The van der Waals surface area contributed by atoms with Crippen LogP contribution in [0.15, 0.2) is 52.3 Å². The maximum absolute atomic E-state index is 12.6. The molecule has 0 heterocycles. The van der Waals surface area contributed by atoms with Gasteiger partial charge < -0.3 is 5.32 Å². The van der Waals surface area contributed by atoms with Crippen molar-refractivity contribution in [3.8, 4) is 0 Å². The van der Waals surface area contributed by atoms with E-state index in [0.29, 0.717) is 5.69 Å². The average molecular weight is 379 g/mol. The molecule has 5 nitrogen and oxygen atoms in total. The van der Waals surface area contributed by atoms with Crippen molar-refractivity contribution in [1.82, 2.24) is 4.31 Å². The minimum atomic E-state index is -3.70. The van der Waals surface area contributed by atoms with Crippen LogP contribution in [0.3, 0.4) is 0 Å². The highest BCUT2D eigenvalue weighted by Gasteiger charge is 2.23. The van der Waals surface area contributed by atoms with Gasteiger partial charge in [0.2, 0.25) is 15.9 Å². The molecule has 0 aliphatic heterocycles. The molecule has 7 heteroatoms. The van der Waals surface area contributed by atoms with Gasteiger partial charge in [0, 0.05) is 17.6 Å². The monoisotopic (exact) mass is 378 g/mol. The Kier molecular flexibility index (Phi) is 6.26. The van der Waals surface area contributed by atoms with E-state index in [0.717, 1.165) is 20.3 Å². The molecule has 2 aromatic carbocycles. The number of thioether (sulfide) groups is 1. The summed E-state index contributed by atoms with van der Waals surface area (Å²) in [5, 5.41) is 2.76. The Labute approximate surface area is 153 Å². The zero-order chi connectivity index (χ0) is 18.6. The third-order valence-corrected chi connectivity index (χ3v) is 6.35. The van der Waals surface area contributed by atoms with Crippen LogP contribution < -0.4 is 5.32 Å². The van der Waals surface area contributed by atoms with Crippen molar-refractivity contribution in [1.29, 1.82) is 0 Å². The molecule has 0 spiro atoms. The second kappa shape index (κ2) is 8.03. The van der Waals surface area contributed by atoms with Crippen LogP contribution in [0.25, 0.3) is 0 Å². The van der Waals surface area contributed by atoms with Crippen LogP contribution in [0.2, 0.25) is 0 Å². The van der Waals surface area contributed by atoms with Crippen LogP contribution in [0.4, 0.5) is 5.69 Å². The molecular weight excluding hydrogens is 356 g/mol. The summed E-state index contributed by atoms with van der Waals surface area (Å²) in [5.74, 6) is -0.376. The number of nitrogens with one attached hydrogen (secondary N) is 1. The smallest absolute Gasteiger partial charge is 0.243 e. The molecule has 1 N–H and O–H groups in total. The average Bonchev–Trinajstić information content (AvgIpc) is 2.57. The topological polar surface area (TPSA) is 66.5 Å². The summed E-state index contributed by atoms with van der Waals surface area (Å²) in [7, 11) is -2.30. The third kappa shape index (κ3) is 4.84. The van der Waals surface area contributed by atoms with Gasteiger partial charge in [0.25, 0.3) is 0 Å². The highest BCUT2D eigenvalue weighted by atomic mass is 32.2. The Bertz CT molecular complexity index is 862. The van der Waals surface area contributed by atoms with Crippen LogP contribution in [0.1, 0.15) is 11.1 Å². The summed E-state index contributed by atoms with van der Waals surface area (Å²) in [6.07, 6.45) is 1.92. The van der Waals surface area contributed by atoms with Crippen LogP contribution in [0, 0.1) is 13.8 Å². The van der Waals surface area contributed by atoms with Gasteiger partial charge in [0.15, 0.2) is 0 Å². The van der Waals surface area contributed by atoms with Gasteiger partial charge in [-0.15, -0.1) is 11.8 Å². The Morgan fingerprint density at radius 1 is 1.12 bits per heavy atom. The standard InChI is InChI=1S/C18H22N2O3S2/c1-13-5-10-17(14(2)11-13)19-18(21)12-20(3)25(22,23)16-8-6-15(24-4)7-9-16/h5-11H,12H2,1-4H3,(H,19,21).